The predicted molar refractivity (Wildman–Crippen MR) is 188 cm³/mol. The van der Waals surface area contributed by atoms with Crippen LogP contribution in [0.5, 0.6) is 11.8 Å². The summed E-state index contributed by atoms with van der Waals surface area (Å²) in [6, 6.07) is 7.85. The number of alkyl halides is 1. The molecule has 0 amide bonds. The van der Waals surface area contributed by atoms with Crippen LogP contribution in [-0.4, -0.2) is 86.5 Å². The van der Waals surface area contributed by atoms with Crippen LogP contribution in [0.25, 0.3) is 44.2 Å². The van der Waals surface area contributed by atoms with E-state index in [-0.39, 0.29) is 58.2 Å². The van der Waals surface area contributed by atoms with Crippen LogP contribution in [0.3, 0.4) is 0 Å². The van der Waals surface area contributed by atoms with E-state index in [1.807, 2.05) is 13.0 Å². The Kier molecular flexibility index (Phi) is 7.56. The Bertz CT molecular complexity index is 2270. The van der Waals surface area contributed by atoms with Crippen molar-refractivity contribution in [2.24, 2.45) is 0 Å². The number of benzene rings is 2. The lowest BCUT2D eigenvalue weighted by Gasteiger charge is -2.35. The van der Waals surface area contributed by atoms with Gasteiger partial charge in [0.05, 0.1) is 22.2 Å². The number of rotatable bonds is 6. The van der Waals surface area contributed by atoms with Crippen molar-refractivity contribution >= 4 is 27.5 Å². The van der Waals surface area contributed by atoms with E-state index in [4.69, 9.17) is 26.1 Å². The molecule has 4 fully saturated rings. The second kappa shape index (κ2) is 12.1. The average molecular weight is 692 g/mol. The maximum Gasteiger partial charge on any atom is 0.319 e. The number of piperazine rings is 1. The summed E-state index contributed by atoms with van der Waals surface area (Å²) in [6.45, 7) is 4.52. The molecule has 0 unspecified atom stereocenters. The van der Waals surface area contributed by atoms with Crippen molar-refractivity contribution in [3.63, 3.8) is 0 Å². The van der Waals surface area contributed by atoms with Crippen LogP contribution in [0.2, 0.25) is 0 Å². The molecule has 4 atom stereocenters. The molecule has 2 aromatic carbocycles. The van der Waals surface area contributed by atoms with Crippen LogP contribution in [0, 0.1) is 30.9 Å². The summed E-state index contributed by atoms with van der Waals surface area (Å²) in [5.74, 6) is 1.27. The van der Waals surface area contributed by atoms with Gasteiger partial charge in [0.15, 0.2) is 5.82 Å². The van der Waals surface area contributed by atoms with Crippen molar-refractivity contribution in [3.05, 3.63) is 65.5 Å². The molecule has 5 aromatic rings. The molecule has 51 heavy (non-hydrogen) atoms. The van der Waals surface area contributed by atoms with E-state index in [0.29, 0.717) is 53.9 Å². The molecule has 0 radical (unpaired) electrons. The van der Waals surface area contributed by atoms with E-state index in [9.17, 15) is 9.50 Å². The summed E-state index contributed by atoms with van der Waals surface area (Å²) in [7, 11) is 0. The normalized spacial score (nSPS) is 24.4. The fraction of sp³-hybridized carbons (Fsp3) is 0.385. The highest BCUT2D eigenvalue weighted by molar-refractivity contribution is 6.06. The molecule has 4 aliphatic rings. The van der Waals surface area contributed by atoms with Crippen molar-refractivity contribution in [2.75, 3.05) is 37.7 Å². The van der Waals surface area contributed by atoms with Gasteiger partial charge in [-0.05, 0) is 74.4 Å². The van der Waals surface area contributed by atoms with Gasteiger partial charge >= 0.3 is 6.01 Å². The zero-order valence-corrected chi connectivity index (χ0v) is 28.1. The van der Waals surface area contributed by atoms with E-state index in [2.05, 4.69) is 26.0 Å². The number of phenolic OH excluding ortho intramolecular Hbond substituents is 1. The molecule has 9 nitrogen and oxygen atoms in total. The van der Waals surface area contributed by atoms with E-state index >= 15 is 8.78 Å². The van der Waals surface area contributed by atoms with Gasteiger partial charge in [-0.1, -0.05) is 12.0 Å². The van der Waals surface area contributed by atoms with Gasteiger partial charge < -0.3 is 20.1 Å². The predicted octanol–water partition coefficient (Wildman–Crippen LogP) is 6.08. The topological polar surface area (TPSA) is 99.5 Å². The molecule has 0 aliphatic carbocycles. The first kappa shape index (κ1) is 32.0. The number of aromatic nitrogens is 4. The molecule has 260 valence electrons. The lowest BCUT2D eigenvalue weighted by molar-refractivity contribution is 0.107. The van der Waals surface area contributed by atoms with Gasteiger partial charge in [0.2, 0.25) is 0 Å². The van der Waals surface area contributed by atoms with Crippen LogP contribution in [0.15, 0.2) is 42.7 Å². The highest BCUT2D eigenvalue weighted by Gasteiger charge is 2.49. The number of nitrogens with zero attached hydrogens (tertiary/aromatic N) is 6. The minimum atomic E-state index is -0.940. The molecular weight excluding hydrogens is 655 g/mol. The van der Waals surface area contributed by atoms with Crippen LogP contribution in [0.1, 0.15) is 43.2 Å². The number of anilines is 1. The second-order valence-electron chi connectivity index (χ2n) is 14.5. The molecule has 9 rings (SSSR count). The highest BCUT2D eigenvalue weighted by atomic mass is 19.1. The Morgan fingerprint density at radius 1 is 1.04 bits per heavy atom. The van der Waals surface area contributed by atoms with Crippen molar-refractivity contribution in [3.8, 4) is 46.6 Å². The number of terminal acetylenes is 1. The Morgan fingerprint density at radius 3 is 2.65 bits per heavy atom. The zero-order valence-electron chi connectivity index (χ0n) is 28.1. The Morgan fingerprint density at radius 2 is 1.86 bits per heavy atom. The van der Waals surface area contributed by atoms with Crippen molar-refractivity contribution < 1.29 is 23.0 Å². The minimum absolute atomic E-state index is 0.0209. The van der Waals surface area contributed by atoms with Crippen molar-refractivity contribution in [2.45, 2.75) is 62.8 Å². The number of fused-ring (bicyclic) bond motifs is 5. The van der Waals surface area contributed by atoms with Gasteiger partial charge in [-0.2, -0.15) is 9.97 Å². The lowest BCUT2D eigenvalue weighted by atomic mass is 9.95. The number of hydrogen-bond donors (Lipinski definition) is 2. The fourth-order valence-corrected chi connectivity index (χ4v) is 8.87. The first-order chi connectivity index (χ1) is 24.7. The summed E-state index contributed by atoms with van der Waals surface area (Å²) < 4.78 is 53.7. The number of phenols is 1. The largest absolute Gasteiger partial charge is 0.508 e. The fourth-order valence-electron chi connectivity index (χ4n) is 8.87. The quantitative estimate of drug-likeness (QED) is 0.206. The number of aromatic hydroxyl groups is 1. The Labute approximate surface area is 292 Å². The van der Waals surface area contributed by atoms with Crippen LogP contribution >= 0.6 is 0 Å². The van der Waals surface area contributed by atoms with Gasteiger partial charge in [-0.15, -0.1) is 6.42 Å². The first-order valence-corrected chi connectivity index (χ1v) is 17.5. The maximum absolute atomic E-state index is 17.5. The van der Waals surface area contributed by atoms with Crippen molar-refractivity contribution in [1.29, 1.82) is 0 Å². The molecule has 4 saturated heterocycles. The number of nitrogens with one attached hydrogen (secondary N) is 1. The Hall–Kier alpha value is -4.99. The maximum atomic E-state index is 17.5. The first-order valence-electron chi connectivity index (χ1n) is 17.5. The molecule has 2 bridgehead atoms. The summed E-state index contributed by atoms with van der Waals surface area (Å²) in [6.07, 6.45) is 12.4. The van der Waals surface area contributed by atoms with Crippen molar-refractivity contribution in [1.82, 2.24) is 30.2 Å². The van der Waals surface area contributed by atoms with Crippen LogP contribution in [-0.2, 0) is 0 Å². The van der Waals surface area contributed by atoms with Gasteiger partial charge in [-0.25, -0.2) is 18.2 Å². The third kappa shape index (κ3) is 5.33. The molecule has 4 aliphatic heterocycles. The molecule has 7 heterocycles. The molecule has 0 saturated carbocycles. The van der Waals surface area contributed by atoms with Crippen LogP contribution < -0.4 is 15.0 Å². The third-order valence-electron chi connectivity index (χ3n) is 11.1. The zero-order chi connectivity index (χ0) is 35.0. The lowest BCUT2D eigenvalue weighted by Crippen LogP contribution is -2.51. The van der Waals surface area contributed by atoms with Gasteiger partial charge in [0.1, 0.15) is 41.4 Å². The number of aryl methyl sites for hydroxylation is 1. The molecule has 0 spiro atoms. The number of pyridine rings is 2. The van der Waals surface area contributed by atoms with Gasteiger partial charge in [0, 0.05) is 67.0 Å². The Balaban J connectivity index is 1.31. The average Bonchev–Trinajstić information content (AvgIpc) is 3.77. The smallest absolute Gasteiger partial charge is 0.319 e. The second-order valence-corrected chi connectivity index (χ2v) is 14.5. The van der Waals surface area contributed by atoms with Gasteiger partial charge in [-0.3, -0.25) is 9.88 Å². The number of ether oxygens (including phenoxy) is 1. The van der Waals surface area contributed by atoms with E-state index < -0.39 is 23.3 Å². The van der Waals surface area contributed by atoms with E-state index in [1.165, 1.54) is 24.3 Å². The monoisotopic (exact) mass is 691 g/mol. The summed E-state index contributed by atoms with van der Waals surface area (Å²) >= 11 is 0. The van der Waals surface area contributed by atoms with E-state index in [0.717, 1.165) is 37.8 Å². The molecular formula is C39H36F3N7O2. The molecule has 3 aromatic heterocycles. The summed E-state index contributed by atoms with van der Waals surface area (Å²) in [4.78, 5) is 23.4. The number of hydrogen-bond acceptors (Lipinski definition) is 9. The number of halogens is 3. The summed E-state index contributed by atoms with van der Waals surface area (Å²) in [5.41, 5.74) is 1.18. The van der Waals surface area contributed by atoms with Crippen LogP contribution in [0.4, 0.5) is 19.0 Å². The molecule has 12 heteroatoms. The standard InChI is InChI=1S/C39H36F3N7O2/c1-3-28-30(41)8-5-22-12-27(50)13-29(31(22)28)35-33(42)36-32(34(45-35)23-11-21(2)15-43-16-23)37(48-18-25-6-7-26(19-48)44-25)47-38(46-36)51-20-39-9-4-10-49(39)17-24(40)14-39/h1,5,8,11-13,15-16,24-26,44,50H,4,6-7,9-10,14,17-20H2,2H3/t24-,25-,26+,39+/m1/s1. The third-order valence-corrected chi connectivity index (χ3v) is 11.1. The highest BCUT2D eigenvalue weighted by Crippen LogP contribution is 2.44. The van der Waals surface area contributed by atoms with Gasteiger partial charge in [0.25, 0.3) is 0 Å². The minimum Gasteiger partial charge on any atom is -0.508 e. The van der Waals surface area contributed by atoms with E-state index in [1.54, 1.807) is 12.4 Å². The molecule has 2 N–H and O–H groups in total. The SMILES string of the molecule is C#Cc1c(F)ccc2cc(O)cc(-c3nc(-c4cncc(C)c4)c4c(N5C[C@H]6CC[C@@H](C5)N6)nc(OC[C@@]56CCCN5C[C@H](F)C6)nc4c3F)c12. The summed E-state index contributed by atoms with van der Waals surface area (Å²) in [5, 5.41) is 15.5.